The van der Waals surface area contributed by atoms with Gasteiger partial charge < -0.3 is 33.8 Å². The van der Waals surface area contributed by atoms with Crippen LogP contribution in [0.4, 0.5) is 0 Å². The van der Waals surface area contributed by atoms with Crippen LogP contribution in [0.2, 0.25) is 0 Å². The van der Waals surface area contributed by atoms with Crippen molar-refractivity contribution in [3.05, 3.63) is 0 Å². The number of carbonyl (C=O) groups excluding carboxylic acids is 4. The van der Waals surface area contributed by atoms with Crippen molar-refractivity contribution in [1.29, 1.82) is 0 Å². The summed E-state index contributed by atoms with van der Waals surface area (Å²) in [7, 11) is -9.93. The normalized spacial score (nSPS) is 14.0. The molecule has 0 aromatic carbocycles. The summed E-state index contributed by atoms with van der Waals surface area (Å²) in [5.41, 5.74) is 0. The molecular formula is C89H174O17P2. The van der Waals surface area contributed by atoms with Gasteiger partial charge in [-0.2, -0.15) is 0 Å². The van der Waals surface area contributed by atoms with E-state index in [2.05, 4.69) is 34.6 Å². The fraction of sp³-hybridized carbons (Fsp3) is 0.955. The number of unbranched alkanes of at least 4 members (excludes halogenated alkanes) is 60. The van der Waals surface area contributed by atoms with Crippen molar-refractivity contribution in [2.24, 2.45) is 5.92 Å². The topological polar surface area (TPSA) is 237 Å². The molecule has 0 saturated heterocycles. The van der Waals surface area contributed by atoms with Crippen LogP contribution in [-0.4, -0.2) is 96.7 Å². The first-order valence-electron chi connectivity index (χ1n) is 46.2. The van der Waals surface area contributed by atoms with Gasteiger partial charge in [0, 0.05) is 25.7 Å². The van der Waals surface area contributed by atoms with Gasteiger partial charge in [-0.3, -0.25) is 37.3 Å². The number of hydrogen-bond acceptors (Lipinski definition) is 15. The van der Waals surface area contributed by atoms with E-state index in [9.17, 15) is 43.2 Å². The summed E-state index contributed by atoms with van der Waals surface area (Å²) in [6, 6.07) is 0. The predicted octanol–water partition coefficient (Wildman–Crippen LogP) is 27.5. The molecule has 642 valence electrons. The largest absolute Gasteiger partial charge is 0.472 e. The highest BCUT2D eigenvalue weighted by molar-refractivity contribution is 7.47. The molecule has 0 bridgehead atoms. The second-order valence-electron chi connectivity index (χ2n) is 32.2. The number of aliphatic hydroxyl groups is 1. The maximum atomic E-state index is 13.2. The number of rotatable bonds is 89. The third kappa shape index (κ3) is 80.7. The minimum absolute atomic E-state index is 0.109. The number of ether oxygens (including phenoxy) is 4. The molecule has 0 aromatic rings. The maximum absolute atomic E-state index is 13.2. The summed E-state index contributed by atoms with van der Waals surface area (Å²) in [6.07, 6.45) is 76.3. The highest BCUT2D eigenvalue weighted by atomic mass is 31.2. The van der Waals surface area contributed by atoms with Crippen LogP contribution >= 0.6 is 15.6 Å². The molecule has 0 aliphatic carbocycles. The van der Waals surface area contributed by atoms with E-state index in [0.29, 0.717) is 25.7 Å². The molecular weight excluding hydrogens is 1400 g/mol. The minimum Gasteiger partial charge on any atom is -0.462 e. The molecule has 17 nitrogen and oxygen atoms in total. The Labute approximate surface area is 664 Å². The number of phosphoric acid groups is 2. The van der Waals surface area contributed by atoms with Gasteiger partial charge >= 0.3 is 39.5 Å². The highest BCUT2D eigenvalue weighted by Crippen LogP contribution is 2.45. The Kier molecular flexibility index (Phi) is 80.2. The third-order valence-electron chi connectivity index (χ3n) is 21.4. The molecule has 0 heterocycles. The van der Waals surface area contributed by atoms with Crippen molar-refractivity contribution >= 4 is 39.5 Å². The zero-order chi connectivity index (χ0) is 79.0. The summed E-state index contributed by atoms with van der Waals surface area (Å²) < 4.78 is 69.0. The Balaban J connectivity index is 5.25. The number of esters is 4. The average Bonchev–Trinajstić information content (AvgIpc) is 0.902. The summed E-state index contributed by atoms with van der Waals surface area (Å²) >= 11 is 0. The van der Waals surface area contributed by atoms with Gasteiger partial charge in [0.2, 0.25) is 0 Å². The molecule has 3 unspecified atom stereocenters. The number of hydrogen-bond donors (Lipinski definition) is 3. The van der Waals surface area contributed by atoms with Crippen LogP contribution in [0, 0.1) is 5.92 Å². The van der Waals surface area contributed by atoms with E-state index in [0.717, 1.165) is 95.8 Å². The minimum atomic E-state index is -4.97. The lowest BCUT2D eigenvalue weighted by molar-refractivity contribution is -0.161. The van der Waals surface area contributed by atoms with Crippen LogP contribution in [0.3, 0.4) is 0 Å². The van der Waals surface area contributed by atoms with Crippen LogP contribution in [0.25, 0.3) is 0 Å². The number of carbonyl (C=O) groups is 4. The van der Waals surface area contributed by atoms with Crippen molar-refractivity contribution in [2.45, 2.75) is 502 Å². The van der Waals surface area contributed by atoms with Gasteiger partial charge in [0.25, 0.3) is 0 Å². The smallest absolute Gasteiger partial charge is 0.462 e. The van der Waals surface area contributed by atoms with Crippen molar-refractivity contribution in [1.82, 2.24) is 0 Å². The number of aliphatic hydroxyl groups excluding tert-OH is 1. The molecule has 108 heavy (non-hydrogen) atoms. The zero-order valence-electron chi connectivity index (χ0n) is 71.0. The van der Waals surface area contributed by atoms with Crippen molar-refractivity contribution in [3.63, 3.8) is 0 Å². The summed E-state index contributed by atoms with van der Waals surface area (Å²) in [4.78, 5) is 73.4. The van der Waals surface area contributed by atoms with E-state index in [-0.39, 0.29) is 25.7 Å². The summed E-state index contributed by atoms with van der Waals surface area (Å²) in [5.74, 6) is -1.24. The van der Waals surface area contributed by atoms with Crippen LogP contribution in [0.5, 0.6) is 0 Å². The molecule has 0 spiro atoms. The van der Waals surface area contributed by atoms with Gasteiger partial charge in [-0.1, -0.05) is 433 Å². The summed E-state index contributed by atoms with van der Waals surface area (Å²) in [6.45, 7) is 7.44. The maximum Gasteiger partial charge on any atom is 0.472 e. The monoisotopic (exact) mass is 1580 g/mol. The third-order valence-corrected chi connectivity index (χ3v) is 23.3. The zero-order valence-corrected chi connectivity index (χ0v) is 72.8. The van der Waals surface area contributed by atoms with E-state index in [4.69, 9.17) is 37.0 Å². The predicted molar refractivity (Wildman–Crippen MR) is 446 cm³/mol. The lowest BCUT2D eigenvalue weighted by Crippen LogP contribution is -2.30. The Hall–Kier alpha value is -1.94. The summed E-state index contributed by atoms with van der Waals surface area (Å²) in [5, 5.41) is 10.7. The van der Waals surface area contributed by atoms with Crippen LogP contribution < -0.4 is 0 Å². The lowest BCUT2D eigenvalue weighted by Gasteiger charge is -2.21. The van der Waals surface area contributed by atoms with Gasteiger partial charge in [-0.15, -0.1) is 0 Å². The fourth-order valence-electron chi connectivity index (χ4n) is 14.0. The Morgan fingerprint density at radius 3 is 0.657 bits per heavy atom. The van der Waals surface area contributed by atoms with Crippen molar-refractivity contribution in [2.75, 3.05) is 39.6 Å². The molecule has 19 heteroatoms. The van der Waals surface area contributed by atoms with E-state index < -0.39 is 97.5 Å². The Morgan fingerprint density at radius 1 is 0.259 bits per heavy atom. The van der Waals surface area contributed by atoms with Gasteiger partial charge in [-0.05, 0) is 31.6 Å². The first-order valence-corrected chi connectivity index (χ1v) is 49.2. The van der Waals surface area contributed by atoms with Crippen molar-refractivity contribution < 1.29 is 80.2 Å². The van der Waals surface area contributed by atoms with Gasteiger partial charge in [0.05, 0.1) is 26.4 Å². The van der Waals surface area contributed by atoms with Crippen molar-refractivity contribution in [3.8, 4) is 0 Å². The quantitative estimate of drug-likeness (QED) is 0.0222. The molecule has 3 N–H and O–H groups in total. The Bertz CT molecular complexity index is 2050. The molecule has 0 rings (SSSR count). The second-order valence-corrected chi connectivity index (χ2v) is 35.1. The molecule has 0 amide bonds. The SMILES string of the molecule is CCCCCCCCCCCCCCCCCCCCCCCCC(=O)O[C@H](COC(=O)CCCCCCCCCCCCCCCCC(C)CC)COP(=O)(O)OC[C@@H](O)COP(=O)(O)OC[C@@H](COC(=O)CCCCCCCCCCCCCCC)OC(=O)CCCCCCCCCCCCCCCCC. The molecule has 0 fully saturated rings. The molecule has 0 aliphatic rings. The fourth-order valence-corrected chi connectivity index (χ4v) is 15.5. The molecule has 0 radical (unpaired) electrons. The first-order chi connectivity index (χ1) is 52.6. The number of phosphoric ester groups is 2. The van der Waals surface area contributed by atoms with E-state index >= 15 is 0 Å². The molecule has 0 saturated carbocycles. The van der Waals surface area contributed by atoms with Gasteiger partial charge in [0.1, 0.15) is 19.3 Å². The van der Waals surface area contributed by atoms with E-state index in [1.54, 1.807) is 0 Å². The Morgan fingerprint density at radius 2 is 0.444 bits per heavy atom. The molecule has 0 aliphatic heterocycles. The molecule has 0 aromatic heterocycles. The van der Waals surface area contributed by atoms with E-state index in [1.807, 2.05) is 0 Å². The van der Waals surface area contributed by atoms with Crippen LogP contribution in [-0.2, 0) is 65.4 Å². The molecule has 6 atom stereocenters. The lowest BCUT2D eigenvalue weighted by atomic mass is 9.99. The first kappa shape index (κ1) is 106. The van der Waals surface area contributed by atoms with Gasteiger partial charge in [0.15, 0.2) is 12.2 Å². The van der Waals surface area contributed by atoms with Gasteiger partial charge in [-0.25, -0.2) is 9.13 Å². The van der Waals surface area contributed by atoms with Crippen LogP contribution in [0.1, 0.15) is 484 Å². The van der Waals surface area contributed by atoms with Crippen LogP contribution in [0.15, 0.2) is 0 Å². The average molecular weight is 1580 g/mol. The highest BCUT2D eigenvalue weighted by Gasteiger charge is 2.31. The second kappa shape index (κ2) is 81.6. The standard InChI is InChI=1S/C89H174O17P2/c1-6-10-13-16-19-22-25-28-30-31-32-33-34-35-36-38-45-50-55-60-65-70-75-89(94)106-85(79-100-87(92)73-68-63-58-53-48-43-40-39-42-46-51-56-61-66-71-82(5)9-4)81-104-108(97,98)102-77-83(90)76-101-107(95,96)103-80-84(78-99-86(91)72-67-62-57-52-47-41-27-24-21-18-15-12-8-3)105-88(93)74-69-64-59-54-49-44-37-29-26-23-20-17-14-11-7-2/h82-85,90H,6-81H2,1-5H3,(H,95,96)(H,97,98)/t82?,83-,84+,85+/m0/s1. The van der Waals surface area contributed by atoms with E-state index in [1.165, 1.54) is 308 Å².